The molecular formula is C23H29N3O3S2. The fourth-order valence-corrected chi connectivity index (χ4v) is 4.95. The predicted octanol–water partition coefficient (Wildman–Crippen LogP) is 4.78. The molecule has 0 radical (unpaired) electrons. The van der Waals surface area contributed by atoms with Gasteiger partial charge in [-0.25, -0.2) is 4.98 Å². The average molecular weight is 460 g/mol. The van der Waals surface area contributed by atoms with E-state index in [0.29, 0.717) is 18.7 Å². The van der Waals surface area contributed by atoms with Gasteiger partial charge in [0.05, 0.1) is 24.4 Å². The number of amides is 1. The summed E-state index contributed by atoms with van der Waals surface area (Å²) in [4.78, 5) is 23.0. The zero-order valence-corrected chi connectivity index (χ0v) is 20.1. The molecule has 0 atom stereocenters. The molecule has 0 saturated carbocycles. The van der Waals surface area contributed by atoms with Crippen LogP contribution in [0.1, 0.15) is 12.8 Å². The molecule has 0 unspecified atom stereocenters. The lowest BCUT2D eigenvalue weighted by Gasteiger charge is -2.21. The van der Waals surface area contributed by atoms with Gasteiger partial charge in [-0.1, -0.05) is 11.3 Å². The van der Waals surface area contributed by atoms with Gasteiger partial charge < -0.3 is 14.4 Å². The van der Waals surface area contributed by atoms with Gasteiger partial charge in [-0.05, 0) is 69.5 Å². The zero-order valence-electron chi connectivity index (χ0n) is 18.5. The van der Waals surface area contributed by atoms with Crippen LogP contribution in [0.3, 0.4) is 0 Å². The number of rotatable bonds is 11. The van der Waals surface area contributed by atoms with E-state index in [1.807, 2.05) is 61.5 Å². The van der Waals surface area contributed by atoms with Crippen LogP contribution in [-0.2, 0) is 4.79 Å². The maximum Gasteiger partial charge on any atom is 0.229 e. The van der Waals surface area contributed by atoms with Crippen molar-refractivity contribution >= 4 is 44.4 Å². The molecule has 3 aromatic rings. The summed E-state index contributed by atoms with van der Waals surface area (Å²) in [5, 5.41) is 0.751. The van der Waals surface area contributed by atoms with Crippen molar-refractivity contribution in [1.29, 1.82) is 0 Å². The number of carbonyl (C=O) groups excluding carboxylic acids is 1. The summed E-state index contributed by atoms with van der Waals surface area (Å²) in [6.07, 6.45) is 1.35. The van der Waals surface area contributed by atoms with E-state index in [4.69, 9.17) is 14.5 Å². The molecule has 2 aromatic carbocycles. The van der Waals surface area contributed by atoms with Crippen LogP contribution >= 0.6 is 23.1 Å². The molecule has 8 heteroatoms. The molecule has 6 nitrogen and oxygen atoms in total. The van der Waals surface area contributed by atoms with Gasteiger partial charge >= 0.3 is 0 Å². The van der Waals surface area contributed by atoms with Gasteiger partial charge in [0.2, 0.25) is 5.91 Å². The summed E-state index contributed by atoms with van der Waals surface area (Å²) in [5.74, 6) is 2.45. The highest BCUT2D eigenvalue weighted by atomic mass is 32.2. The van der Waals surface area contributed by atoms with E-state index in [1.165, 1.54) is 11.3 Å². The van der Waals surface area contributed by atoms with Crippen molar-refractivity contribution in [1.82, 2.24) is 9.88 Å². The van der Waals surface area contributed by atoms with Crippen LogP contribution in [0.25, 0.3) is 10.2 Å². The van der Waals surface area contributed by atoms with E-state index in [9.17, 15) is 4.79 Å². The van der Waals surface area contributed by atoms with Gasteiger partial charge in [0.25, 0.3) is 0 Å². The third-order valence-corrected chi connectivity index (χ3v) is 6.80. The van der Waals surface area contributed by atoms with Crippen LogP contribution in [0.15, 0.2) is 47.4 Å². The number of carbonyl (C=O) groups is 1. The average Bonchev–Trinajstić information content (AvgIpc) is 3.19. The number of aromatic nitrogens is 1. The summed E-state index contributed by atoms with van der Waals surface area (Å²) < 4.78 is 11.5. The molecule has 0 aliphatic heterocycles. The second-order valence-corrected chi connectivity index (χ2v) is 9.48. The molecule has 0 saturated heterocycles. The number of thiazole rings is 1. The quantitative estimate of drug-likeness (QED) is 0.385. The second-order valence-electron chi connectivity index (χ2n) is 7.31. The highest BCUT2D eigenvalue weighted by Crippen LogP contribution is 2.32. The number of anilines is 1. The standard InChI is InChI=1S/C23H29N3O3S2/c1-25(2)13-5-14-26(23-24-20-11-8-18(29-4)16-21(20)31-23)22(27)12-15-30-19-9-6-17(28-3)7-10-19/h6-11,16H,5,12-15H2,1-4H3. The minimum absolute atomic E-state index is 0.103. The van der Waals surface area contributed by atoms with Crippen molar-refractivity contribution in [3.05, 3.63) is 42.5 Å². The Labute approximate surface area is 192 Å². The van der Waals surface area contributed by atoms with Crippen molar-refractivity contribution in [2.45, 2.75) is 17.7 Å². The number of hydrogen-bond acceptors (Lipinski definition) is 7. The second kappa shape index (κ2) is 11.4. The van der Waals surface area contributed by atoms with Crippen LogP contribution in [0.5, 0.6) is 11.5 Å². The van der Waals surface area contributed by atoms with E-state index >= 15 is 0 Å². The lowest BCUT2D eigenvalue weighted by atomic mass is 10.3. The Balaban J connectivity index is 1.68. The minimum Gasteiger partial charge on any atom is -0.497 e. The minimum atomic E-state index is 0.103. The van der Waals surface area contributed by atoms with Gasteiger partial charge in [0.1, 0.15) is 11.5 Å². The Hall–Kier alpha value is -2.29. The Morgan fingerprint density at radius 2 is 1.74 bits per heavy atom. The summed E-state index contributed by atoms with van der Waals surface area (Å²) in [6.45, 7) is 1.57. The topological polar surface area (TPSA) is 54.9 Å². The van der Waals surface area contributed by atoms with Crippen molar-refractivity contribution in [2.24, 2.45) is 0 Å². The molecule has 0 spiro atoms. The third-order valence-electron chi connectivity index (χ3n) is 4.75. The first-order valence-corrected chi connectivity index (χ1v) is 12.0. The molecular weight excluding hydrogens is 430 g/mol. The Bertz CT molecular complexity index is 989. The van der Waals surface area contributed by atoms with Crippen LogP contribution in [0.4, 0.5) is 5.13 Å². The van der Waals surface area contributed by atoms with E-state index < -0.39 is 0 Å². The van der Waals surface area contributed by atoms with Gasteiger partial charge in [-0.3, -0.25) is 9.69 Å². The Morgan fingerprint density at radius 3 is 2.42 bits per heavy atom. The SMILES string of the molecule is COc1ccc(SCCC(=O)N(CCCN(C)C)c2nc3ccc(OC)cc3s2)cc1. The summed E-state index contributed by atoms with van der Waals surface area (Å²) in [6, 6.07) is 13.7. The van der Waals surface area contributed by atoms with E-state index in [0.717, 1.165) is 44.7 Å². The molecule has 0 aliphatic rings. The molecule has 1 aromatic heterocycles. The maximum absolute atomic E-state index is 13.1. The van der Waals surface area contributed by atoms with Crippen molar-refractivity contribution in [3.8, 4) is 11.5 Å². The first-order chi connectivity index (χ1) is 15.0. The predicted molar refractivity (Wildman–Crippen MR) is 130 cm³/mol. The summed E-state index contributed by atoms with van der Waals surface area (Å²) in [7, 11) is 7.40. The maximum atomic E-state index is 13.1. The number of nitrogens with zero attached hydrogens (tertiary/aromatic N) is 3. The third kappa shape index (κ3) is 6.59. The van der Waals surface area contributed by atoms with Gasteiger partial charge in [-0.15, -0.1) is 11.8 Å². The summed E-state index contributed by atoms with van der Waals surface area (Å²) >= 11 is 3.21. The Morgan fingerprint density at radius 1 is 1.03 bits per heavy atom. The van der Waals surface area contributed by atoms with Crippen LogP contribution < -0.4 is 14.4 Å². The van der Waals surface area contributed by atoms with Crippen LogP contribution in [0.2, 0.25) is 0 Å². The van der Waals surface area contributed by atoms with E-state index in [2.05, 4.69) is 4.90 Å². The highest BCUT2D eigenvalue weighted by molar-refractivity contribution is 7.99. The largest absolute Gasteiger partial charge is 0.497 e. The number of benzene rings is 2. The van der Waals surface area contributed by atoms with Crippen molar-refractivity contribution < 1.29 is 14.3 Å². The van der Waals surface area contributed by atoms with Gasteiger partial charge in [0.15, 0.2) is 5.13 Å². The molecule has 0 fully saturated rings. The molecule has 0 bridgehead atoms. The van der Waals surface area contributed by atoms with Crippen molar-refractivity contribution in [2.75, 3.05) is 52.1 Å². The van der Waals surface area contributed by atoms with E-state index in [-0.39, 0.29) is 5.91 Å². The smallest absolute Gasteiger partial charge is 0.229 e. The van der Waals surface area contributed by atoms with Crippen molar-refractivity contribution in [3.63, 3.8) is 0 Å². The fraction of sp³-hybridized carbons (Fsp3) is 0.391. The molecule has 1 heterocycles. The van der Waals surface area contributed by atoms with Crippen LogP contribution in [-0.4, -0.2) is 62.9 Å². The molecule has 0 aliphatic carbocycles. The molecule has 31 heavy (non-hydrogen) atoms. The van der Waals surface area contributed by atoms with Crippen LogP contribution in [0, 0.1) is 0 Å². The fourth-order valence-electron chi connectivity index (χ4n) is 3.07. The first-order valence-electron chi connectivity index (χ1n) is 10.2. The zero-order chi connectivity index (χ0) is 22.2. The molecule has 1 amide bonds. The first kappa shape index (κ1) is 23.4. The molecule has 166 valence electrons. The number of methoxy groups -OCH3 is 2. The normalized spacial score (nSPS) is 11.1. The molecule has 3 rings (SSSR count). The van der Waals surface area contributed by atoms with E-state index in [1.54, 1.807) is 26.0 Å². The Kier molecular flexibility index (Phi) is 8.57. The van der Waals surface area contributed by atoms with Gasteiger partial charge in [0, 0.05) is 23.6 Å². The number of ether oxygens (including phenoxy) is 2. The lowest BCUT2D eigenvalue weighted by molar-refractivity contribution is -0.118. The monoisotopic (exact) mass is 459 g/mol. The highest BCUT2D eigenvalue weighted by Gasteiger charge is 2.19. The number of fused-ring (bicyclic) bond motifs is 1. The van der Waals surface area contributed by atoms with Gasteiger partial charge in [-0.2, -0.15) is 0 Å². The molecule has 0 N–H and O–H groups in total. The summed E-state index contributed by atoms with van der Waals surface area (Å²) in [5.41, 5.74) is 0.888. The lowest BCUT2D eigenvalue weighted by Crippen LogP contribution is -2.33. The number of thioether (sulfide) groups is 1. The number of hydrogen-bond donors (Lipinski definition) is 0.